The van der Waals surface area contributed by atoms with Gasteiger partial charge in [-0.25, -0.2) is 9.80 Å². The summed E-state index contributed by atoms with van der Waals surface area (Å²) in [6.45, 7) is 7.90. The first-order valence-electron chi connectivity index (χ1n) is 6.77. The van der Waals surface area contributed by atoms with E-state index >= 15 is 0 Å². The number of nitrogens with zero attached hydrogens (tertiary/aromatic N) is 2. The van der Waals surface area contributed by atoms with Crippen LogP contribution >= 0.6 is 0 Å². The molecule has 0 aliphatic carbocycles. The maximum Gasteiger partial charge on any atom is 0.337 e. The number of amides is 2. The highest BCUT2D eigenvalue weighted by Gasteiger charge is 2.26. The third kappa shape index (κ3) is 3.26. The number of piperidine rings is 1. The molecule has 1 aromatic heterocycles. The topological polar surface area (TPSA) is 70.4 Å². The average molecular weight is 266 g/mol. The molecule has 0 unspecified atom stereocenters. The average Bonchev–Trinajstić information content (AvgIpc) is 2.63. The van der Waals surface area contributed by atoms with E-state index in [1.54, 1.807) is 0 Å². The second kappa shape index (κ2) is 5.61. The Morgan fingerprint density at radius 1 is 1.32 bits per heavy atom. The number of rotatable bonds is 2. The normalized spacial score (nSPS) is 24.2. The van der Waals surface area contributed by atoms with Crippen molar-refractivity contribution >= 4 is 12.0 Å². The van der Waals surface area contributed by atoms with Gasteiger partial charge >= 0.3 is 12.0 Å². The van der Waals surface area contributed by atoms with Gasteiger partial charge in [-0.15, -0.1) is 0 Å². The lowest BCUT2D eigenvalue weighted by atomic mass is 10.00. The Morgan fingerprint density at radius 3 is 2.47 bits per heavy atom. The van der Waals surface area contributed by atoms with Crippen molar-refractivity contribution in [3.05, 3.63) is 11.5 Å². The van der Waals surface area contributed by atoms with E-state index in [1.807, 2.05) is 18.9 Å². The highest BCUT2D eigenvalue weighted by molar-refractivity contribution is 5.86. The molecule has 0 radical (unpaired) electrons. The zero-order valence-corrected chi connectivity index (χ0v) is 12.0. The van der Waals surface area contributed by atoms with Crippen LogP contribution in [0.3, 0.4) is 0 Å². The minimum absolute atomic E-state index is 0.241. The molecule has 6 heteroatoms. The third-order valence-corrected chi connectivity index (χ3v) is 3.67. The van der Waals surface area contributed by atoms with Gasteiger partial charge in [0.2, 0.25) is 0 Å². The van der Waals surface area contributed by atoms with Crippen LogP contribution in [-0.4, -0.2) is 28.1 Å². The van der Waals surface area contributed by atoms with Crippen molar-refractivity contribution in [2.24, 2.45) is 0 Å². The van der Waals surface area contributed by atoms with E-state index in [4.69, 9.17) is 4.42 Å². The zero-order valence-electron chi connectivity index (χ0n) is 12.0. The number of oxazole rings is 1. The van der Waals surface area contributed by atoms with Gasteiger partial charge in [0.05, 0.1) is 5.69 Å². The van der Waals surface area contributed by atoms with E-state index in [0.29, 0.717) is 12.1 Å². The van der Waals surface area contributed by atoms with E-state index in [0.717, 1.165) is 24.3 Å². The Hall–Kier alpha value is -1.56. The van der Waals surface area contributed by atoms with Crippen LogP contribution in [0.1, 0.15) is 44.6 Å². The van der Waals surface area contributed by atoms with E-state index in [1.165, 1.54) is 6.42 Å². The van der Waals surface area contributed by atoms with Gasteiger partial charge in [-0.3, -0.25) is 10.7 Å². The van der Waals surface area contributed by atoms with Crippen molar-refractivity contribution in [2.75, 3.05) is 5.32 Å². The highest BCUT2D eigenvalue weighted by atomic mass is 16.4. The number of hydrazine groups is 1. The number of hydrogen-bond acceptors (Lipinski definition) is 4. The molecule has 0 spiro atoms. The Kier molecular flexibility index (Phi) is 4.09. The Morgan fingerprint density at radius 2 is 1.95 bits per heavy atom. The molecular formula is C13H22N4O2. The molecule has 106 valence electrons. The van der Waals surface area contributed by atoms with Crippen molar-refractivity contribution < 1.29 is 9.21 Å². The fourth-order valence-electron chi connectivity index (χ4n) is 2.41. The van der Waals surface area contributed by atoms with E-state index in [-0.39, 0.29) is 12.0 Å². The summed E-state index contributed by atoms with van der Waals surface area (Å²) in [5.41, 5.74) is 3.67. The lowest BCUT2D eigenvalue weighted by Crippen LogP contribution is -2.55. The minimum Gasteiger partial charge on any atom is -0.428 e. The molecule has 1 fully saturated rings. The summed E-state index contributed by atoms with van der Waals surface area (Å²) in [7, 11) is 0. The summed E-state index contributed by atoms with van der Waals surface area (Å²) in [5.74, 6) is 0.718. The Bertz CT molecular complexity index is 428. The molecule has 2 heterocycles. The van der Waals surface area contributed by atoms with Gasteiger partial charge in [0.1, 0.15) is 5.76 Å². The molecule has 2 amide bonds. The standard InChI is InChI=1S/C13H22N4O2/c1-8-6-5-7-9(2)17(8)16-12(18)15-13-14-10(3)11(4)19-13/h8-9H,5-7H2,1-4H3,(H2,14,15,16,18)/t8-,9-/m1/s1. The number of nitrogens with one attached hydrogen (secondary N) is 2. The van der Waals surface area contributed by atoms with Crippen LogP contribution in [0, 0.1) is 13.8 Å². The summed E-state index contributed by atoms with van der Waals surface area (Å²) in [6, 6.07) is 0.636. The van der Waals surface area contributed by atoms with Gasteiger partial charge in [0.25, 0.3) is 0 Å². The molecule has 2 atom stereocenters. The minimum atomic E-state index is -0.304. The molecule has 2 rings (SSSR count). The van der Waals surface area contributed by atoms with Gasteiger partial charge < -0.3 is 4.42 Å². The van der Waals surface area contributed by atoms with Crippen LogP contribution in [0.2, 0.25) is 0 Å². The zero-order chi connectivity index (χ0) is 14.0. The molecule has 0 saturated carbocycles. The van der Waals surface area contributed by atoms with Crippen LogP contribution in [0.4, 0.5) is 10.8 Å². The summed E-state index contributed by atoms with van der Waals surface area (Å²) >= 11 is 0. The van der Waals surface area contributed by atoms with Crippen LogP contribution < -0.4 is 10.7 Å². The van der Waals surface area contributed by atoms with Crippen LogP contribution in [0.5, 0.6) is 0 Å². The van der Waals surface area contributed by atoms with Crippen molar-refractivity contribution in [3.63, 3.8) is 0 Å². The first kappa shape index (κ1) is 13.9. The molecule has 0 aromatic carbocycles. The van der Waals surface area contributed by atoms with Crippen molar-refractivity contribution in [3.8, 4) is 0 Å². The number of anilines is 1. The third-order valence-electron chi connectivity index (χ3n) is 3.67. The molecule has 1 aromatic rings. The fourth-order valence-corrected chi connectivity index (χ4v) is 2.41. The summed E-state index contributed by atoms with van der Waals surface area (Å²) in [5, 5.41) is 4.62. The van der Waals surface area contributed by atoms with Gasteiger partial charge in [0, 0.05) is 12.1 Å². The monoisotopic (exact) mass is 266 g/mol. The molecule has 1 aliphatic heterocycles. The number of carbonyl (C=O) groups excluding carboxylic acids is 1. The van der Waals surface area contributed by atoms with Gasteiger partial charge in [0.15, 0.2) is 0 Å². The second-order valence-corrected chi connectivity index (χ2v) is 5.26. The molecule has 1 aliphatic rings. The number of aromatic nitrogens is 1. The number of carbonyl (C=O) groups is 1. The second-order valence-electron chi connectivity index (χ2n) is 5.26. The lowest BCUT2D eigenvalue weighted by Gasteiger charge is -2.38. The Labute approximate surface area is 113 Å². The maximum atomic E-state index is 11.9. The molecular weight excluding hydrogens is 244 g/mol. The number of hydrogen-bond donors (Lipinski definition) is 2. The van der Waals surface area contributed by atoms with Gasteiger partial charge in [-0.1, -0.05) is 6.42 Å². The highest BCUT2D eigenvalue weighted by Crippen LogP contribution is 2.20. The van der Waals surface area contributed by atoms with Crippen molar-refractivity contribution in [1.82, 2.24) is 15.4 Å². The van der Waals surface area contributed by atoms with Crippen LogP contribution in [-0.2, 0) is 0 Å². The predicted molar refractivity (Wildman–Crippen MR) is 72.7 cm³/mol. The molecule has 2 N–H and O–H groups in total. The molecule has 19 heavy (non-hydrogen) atoms. The van der Waals surface area contributed by atoms with E-state index in [9.17, 15) is 4.79 Å². The SMILES string of the molecule is Cc1nc(NC(=O)NN2[C@H](C)CCC[C@H]2C)oc1C. The molecule has 0 bridgehead atoms. The van der Waals surface area contributed by atoms with Crippen LogP contribution in [0.25, 0.3) is 0 Å². The number of aryl methyl sites for hydroxylation is 2. The van der Waals surface area contributed by atoms with Crippen molar-refractivity contribution in [2.45, 2.75) is 59.0 Å². The fraction of sp³-hybridized carbons (Fsp3) is 0.692. The smallest absolute Gasteiger partial charge is 0.337 e. The summed E-state index contributed by atoms with van der Waals surface area (Å²) < 4.78 is 5.33. The van der Waals surface area contributed by atoms with Crippen LogP contribution in [0.15, 0.2) is 4.42 Å². The number of urea groups is 1. The first-order valence-corrected chi connectivity index (χ1v) is 6.77. The summed E-state index contributed by atoms with van der Waals surface area (Å²) in [6.07, 6.45) is 3.41. The van der Waals surface area contributed by atoms with Gasteiger partial charge in [-0.05, 0) is 40.5 Å². The predicted octanol–water partition coefficient (Wildman–Crippen LogP) is 2.59. The van der Waals surface area contributed by atoms with Gasteiger partial charge in [-0.2, -0.15) is 4.98 Å². The van der Waals surface area contributed by atoms with E-state index < -0.39 is 0 Å². The molecule has 1 saturated heterocycles. The first-order chi connectivity index (χ1) is 8.97. The quantitative estimate of drug-likeness (QED) is 0.863. The maximum absolute atomic E-state index is 11.9. The van der Waals surface area contributed by atoms with Crippen molar-refractivity contribution in [1.29, 1.82) is 0 Å². The molecule has 6 nitrogen and oxygen atoms in total. The lowest BCUT2D eigenvalue weighted by molar-refractivity contribution is 0.0624. The summed E-state index contributed by atoms with van der Waals surface area (Å²) in [4.78, 5) is 16.1. The van der Waals surface area contributed by atoms with E-state index in [2.05, 4.69) is 29.6 Å². The largest absolute Gasteiger partial charge is 0.428 e. The Balaban J connectivity index is 1.93.